The van der Waals surface area contributed by atoms with E-state index in [9.17, 15) is 13.2 Å². The number of sulfonamides is 1. The molecule has 164 valence electrons. The molecule has 1 aliphatic rings. The number of carbonyl (C=O) groups excluding carboxylic acids is 1. The number of nitrogens with one attached hydrogen (secondary N) is 1. The van der Waals surface area contributed by atoms with E-state index in [0.29, 0.717) is 11.4 Å². The Bertz CT molecular complexity index is 990. The summed E-state index contributed by atoms with van der Waals surface area (Å²) in [5.74, 6) is -0.782. The standard InChI is InChI=1S/C21H29N3O5S/c1-5-29-21(25)18-20(30(26,27)23-16-10-6-14(2)7-11-16)19(24(3)22-18)15-8-12-17(28-4)13-9-15/h6-7,10-11,15,17,23H,5,8-9,12-13H2,1-4H3. The van der Waals surface area contributed by atoms with Crippen molar-refractivity contribution in [2.45, 2.75) is 56.4 Å². The van der Waals surface area contributed by atoms with Crippen molar-refractivity contribution in [3.8, 4) is 0 Å². The highest BCUT2D eigenvalue weighted by atomic mass is 32.2. The molecule has 1 aliphatic carbocycles. The van der Waals surface area contributed by atoms with Crippen molar-refractivity contribution in [3.05, 3.63) is 41.2 Å². The third-order valence-electron chi connectivity index (χ3n) is 5.48. The van der Waals surface area contributed by atoms with Gasteiger partial charge in [0.05, 0.1) is 18.4 Å². The summed E-state index contributed by atoms with van der Waals surface area (Å²) >= 11 is 0. The molecule has 0 unspecified atom stereocenters. The van der Waals surface area contributed by atoms with Gasteiger partial charge in [-0.2, -0.15) is 5.10 Å². The molecule has 0 bridgehead atoms. The maximum atomic E-state index is 13.4. The van der Waals surface area contributed by atoms with Gasteiger partial charge < -0.3 is 9.47 Å². The molecule has 0 aliphatic heterocycles. The van der Waals surface area contributed by atoms with Crippen LogP contribution in [-0.4, -0.2) is 44.0 Å². The third kappa shape index (κ3) is 4.67. The zero-order valence-corrected chi connectivity index (χ0v) is 18.7. The Morgan fingerprint density at radius 2 is 1.83 bits per heavy atom. The van der Waals surface area contributed by atoms with Gasteiger partial charge in [0.15, 0.2) is 5.69 Å². The molecule has 1 N–H and O–H groups in total. The van der Waals surface area contributed by atoms with Crippen LogP contribution in [0.4, 0.5) is 5.69 Å². The van der Waals surface area contributed by atoms with Crippen LogP contribution in [0, 0.1) is 6.92 Å². The van der Waals surface area contributed by atoms with Crippen molar-refractivity contribution in [1.29, 1.82) is 0 Å². The minimum Gasteiger partial charge on any atom is -0.461 e. The SMILES string of the molecule is CCOC(=O)c1nn(C)c(C2CCC(OC)CC2)c1S(=O)(=O)Nc1ccc(C)cc1. The average Bonchev–Trinajstić information content (AvgIpc) is 3.08. The second kappa shape index (κ2) is 9.18. The lowest BCUT2D eigenvalue weighted by Crippen LogP contribution is -2.23. The normalized spacial score (nSPS) is 19.5. The first kappa shape index (κ1) is 22.3. The van der Waals surface area contributed by atoms with Crippen LogP contribution >= 0.6 is 0 Å². The van der Waals surface area contributed by atoms with E-state index in [2.05, 4.69) is 9.82 Å². The highest BCUT2D eigenvalue weighted by Gasteiger charge is 2.37. The van der Waals surface area contributed by atoms with Crippen LogP contribution in [0.1, 0.15) is 60.3 Å². The van der Waals surface area contributed by atoms with Crippen LogP contribution < -0.4 is 4.72 Å². The van der Waals surface area contributed by atoms with Crippen molar-refractivity contribution < 1.29 is 22.7 Å². The van der Waals surface area contributed by atoms with Gasteiger partial charge in [0.2, 0.25) is 0 Å². The van der Waals surface area contributed by atoms with Crippen LogP contribution in [0.25, 0.3) is 0 Å². The minimum atomic E-state index is -4.06. The molecule has 0 saturated heterocycles. The predicted molar refractivity (Wildman–Crippen MR) is 113 cm³/mol. The lowest BCUT2D eigenvalue weighted by Gasteiger charge is -2.28. The zero-order chi connectivity index (χ0) is 21.9. The van der Waals surface area contributed by atoms with E-state index in [1.54, 1.807) is 33.2 Å². The number of ether oxygens (including phenoxy) is 2. The van der Waals surface area contributed by atoms with Gasteiger partial charge in [-0.05, 0) is 51.7 Å². The summed E-state index contributed by atoms with van der Waals surface area (Å²) in [4.78, 5) is 12.5. The molecule has 0 radical (unpaired) electrons. The van der Waals surface area contributed by atoms with E-state index in [0.717, 1.165) is 31.2 Å². The van der Waals surface area contributed by atoms with E-state index < -0.39 is 16.0 Å². The van der Waals surface area contributed by atoms with E-state index in [1.807, 2.05) is 19.1 Å². The van der Waals surface area contributed by atoms with Gasteiger partial charge in [-0.15, -0.1) is 0 Å². The molecular weight excluding hydrogens is 406 g/mol. The molecule has 0 atom stereocenters. The number of benzene rings is 1. The van der Waals surface area contributed by atoms with E-state index >= 15 is 0 Å². The number of rotatable bonds is 7. The summed E-state index contributed by atoms with van der Waals surface area (Å²) in [6, 6.07) is 7.02. The Labute approximate surface area is 177 Å². The summed E-state index contributed by atoms with van der Waals surface area (Å²) in [7, 11) is -0.702. The first-order chi connectivity index (χ1) is 14.3. The number of nitrogens with zero attached hydrogens (tertiary/aromatic N) is 2. The first-order valence-corrected chi connectivity index (χ1v) is 11.6. The first-order valence-electron chi connectivity index (χ1n) is 10.1. The van der Waals surface area contributed by atoms with Crippen molar-refractivity contribution >= 4 is 21.7 Å². The van der Waals surface area contributed by atoms with Gasteiger partial charge in [0.1, 0.15) is 4.90 Å². The molecule has 3 rings (SSSR count). The molecule has 1 fully saturated rings. The second-order valence-electron chi connectivity index (χ2n) is 7.59. The number of aromatic nitrogens is 2. The van der Waals surface area contributed by atoms with Crippen molar-refractivity contribution in [2.75, 3.05) is 18.4 Å². The van der Waals surface area contributed by atoms with E-state index in [-0.39, 0.29) is 29.2 Å². The Morgan fingerprint density at radius 3 is 2.40 bits per heavy atom. The molecule has 8 nitrogen and oxygen atoms in total. The summed E-state index contributed by atoms with van der Waals surface area (Å²) in [6.45, 7) is 3.73. The Hall–Kier alpha value is -2.39. The van der Waals surface area contributed by atoms with Gasteiger partial charge in [-0.1, -0.05) is 17.7 Å². The van der Waals surface area contributed by atoms with Gasteiger partial charge >= 0.3 is 5.97 Å². The van der Waals surface area contributed by atoms with Gasteiger partial charge in [-0.3, -0.25) is 9.40 Å². The van der Waals surface area contributed by atoms with Crippen LogP contribution in [0.2, 0.25) is 0 Å². The van der Waals surface area contributed by atoms with Crippen LogP contribution in [0.3, 0.4) is 0 Å². The lowest BCUT2D eigenvalue weighted by molar-refractivity contribution is 0.0513. The van der Waals surface area contributed by atoms with E-state index in [4.69, 9.17) is 9.47 Å². The fourth-order valence-electron chi connectivity index (χ4n) is 3.96. The molecule has 1 saturated carbocycles. The second-order valence-corrected chi connectivity index (χ2v) is 9.21. The van der Waals surface area contributed by atoms with Crippen molar-refractivity contribution in [3.63, 3.8) is 0 Å². The summed E-state index contributed by atoms with van der Waals surface area (Å²) in [6.07, 6.45) is 3.34. The predicted octanol–water partition coefficient (Wildman–Crippen LogP) is 3.38. The maximum Gasteiger partial charge on any atom is 0.360 e. The van der Waals surface area contributed by atoms with E-state index in [1.165, 1.54) is 4.68 Å². The zero-order valence-electron chi connectivity index (χ0n) is 17.8. The van der Waals surface area contributed by atoms with Crippen molar-refractivity contribution in [2.24, 2.45) is 7.05 Å². The number of anilines is 1. The van der Waals surface area contributed by atoms with Crippen molar-refractivity contribution in [1.82, 2.24) is 9.78 Å². The molecule has 2 aromatic rings. The smallest absolute Gasteiger partial charge is 0.360 e. The number of aryl methyl sites for hydroxylation is 2. The van der Waals surface area contributed by atoms with Crippen LogP contribution in [-0.2, 0) is 26.5 Å². The molecule has 9 heteroatoms. The highest BCUT2D eigenvalue weighted by molar-refractivity contribution is 7.92. The third-order valence-corrected chi connectivity index (χ3v) is 6.93. The largest absolute Gasteiger partial charge is 0.461 e. The molecule has 1 heterocycles. The molecule has 0 amide bonds. The molecule has 0 spiro atoms. The maximum absolute atomic E-state index is 13.4. The Morgan fingerprint density at radius 1 is 1.20 bits per heavy atom. The van der Waals surface area contributed by atoms with Crippen LogP contribution in [0.15, 0.2) is 29.2 Å². The summed E-state index contributed by atoms with van der Waals surface area (Å²) < 4.78 is 41.5. The monoisotopic (exact) mass is 435 g/mol. The quantitative estimate of drug-likeness (QED) is 0.670. The average molecular weight is 436 g/mol. The molecule has 30 heavy (non-hydrogen) atoms. The summed E-state index contributed by atoms with van der Waals surface area (Å²) in [5.41, 5.74) is 1.80. The number of hydrogen-bond acceptors (Lipinski definition) is 6. The fourth-order valence-corrected chi connectivity index (χ4v) is 5.47. The number of hydrogen-bond donors (Lipinski definition) is 1. The topological polar surface area (TPSA) is 99.5 Å². The lowest BCUT2D eigenvalue weighted by atomic mass is 9.85. The number of carbonyl (C=O) groups is 1. The number of methoxy groups -OCH3 is 1. The molecule has 1 aromatic carbocycles. The van der Waals surface area contributed by atoms with Gasteiger partial charge in [0, 0.05) is 25.8 Å². The molecular formula is C21H29N3O5S. The Kier molecular flexibility index (Phi) is 6.82. The van der Waals surface area contributed by atoms with Crippen LogP contribution in [0.5, 0.6) is 0 Å². The summed E-state index contributed by atoms with van der Waals surface area (Å²) in [5, 5.41) is 4.26. The highest BCUT2D eigenvalue weighted by Crippen LogP contribution is 2.38. The molecule has 1 aromatic heterocycles. The van der Waals surface area contributed by atoms with Gasteiger partial charge in [-0.25, -0.2) is 13.2 Å². The fraction of sp³-hybridized carbons (Fsp3) is 0.524. The Balaban J connectivity index is 2.05. The number of esters is 1. The van der Waals surface area contributed by atoms with Gasteiger partial charge in [0.25, 0.3) is 10.0 Å². The minimum absolute atomic E-state index is 0.0401.